The molecule has 0 bridgehead atoms. The Balaban J connectivity index is 2.01. The predicted octanol–water partition coefficient (Wildman–Crippen LogP) is 0.0555. The standard InChI is InChI=1S/C17H21N3O6/c1-10(14(21)20-13(16(24)25)9-18-17(20)26)19-12(15(22)23)8-7-11-5-3-2-4-6-11/h2-6,10,12-13,19H,7-9H2,1H3,(H,18,26)(H,22,23)(H,24,25)/t10-,12-,13-/m0/s1. The van der Waals surface area contributed by atoms with Crippen LogP contribution in [-0.2, 0) is 20.8 Å². The zero-order valence-corrected chi connectivity index (χ0v) is 14.2. The number of carbonyl (C=O) groups is 4. The van der Waals surface area contributed by atoms with Gasteiger partial charge in [0.25, 0.3) is 0 Å². The van der Waals surface area contributed by atoms with Gasteiger partial charge in [0.15, 0.2) is 6.04 Å². The van der Waals surface area contributed by atoms with Crippen LogP contribution in [0.4, 0.5) is 4.79 Å². The van der Waals surface area contributed by atoms with Crippen LogP contribution >= 0.6 is 0 Å². The highest BCUT2D eigenvalue weighted by molar-refractivity contribution is 6.02. The lowest BCUT2D eigenvalue weighted by Gasteiger charge is -2.25. The first-order chi connectivity index (χ1) is 12.3. The second-order valence-electron chi connectivity index (χ2n) is 6.05. The third kappa shape index (κ3) is 4.57. The summed E-state index contributed by atoms with van der Waals surface area (Å²) in [5.74, 6) is -3.21. The molecule has 9 nitrogen and oxygen atoms in total. The molecule has 26 heavy (non-hydrogen) atoms. The summed E-state index contributed by atoms with van der Waals surface area (Å²) < 4.78 is 0. The minimum absolute atomic E-state index is 0.178. The van der Waals surface area contributed by atoms with Gasteiger partial charge >= 0.3 is 18.0 Å². The zero-order valence-electron chi connectivity index (χ0n) is 14.2. The molecule has 0 unspecified atom stereocenters. The van der Waals surface area contributed by atoms with Crippen molar-refractivity contribution in [3.05, 3.63) is 35.9 Å². The minimum atomic E-state index is -1.30. The van der Waals surface area contributed by atoms with Crippen LogP contribution < -0.4 is 10.6 Å². The molecule has 3 atom stereocenters. The molecule has 0 saturated carbocycles. The van der Waals surface area contributed by atoms with Crippen LogP contribution in [-0.4, -0.2) is 63.7 Å². The minimum Gasteiger partial charge on any atom is -0.480 e. The third-order valence-corrected chi connectivity index (χ3v) is 4.18. The molecule has 2 rings (SSSR count). The van der Waals surface area contributed by atoms with Gasteiger partial charge in [0.05, 0.1) is 12.6 Å². The number of hydrogen-bond acceptors (Lipinski definition) is 5. The van der Waals surface area contributed by atoms with Gasteiger partial charge in [-0.25, -0.2) is 14.5 Å². The number of aryl methyl sites for hydroxylation is 1. The first-order valence-corrected chi connectivity index (χ1v) is 8.17. The molecule has 9 heteroatoms. The number of nitrogens with zero attached hydrogens (tertiary/aromatic N) is 1. The Labute approximate surface area is 150 Å². The number of carboxylic acids is 2. The Morgan fingerprint density at radius 2 is 1.92 bits per heavy atom. The van der Waals surface area contributed by atoms with E-state index in [2.05, 4.69) is 10.6 Å². The highest BCUT2D eigenvalue weighted by atomic mass is 16.4. The highest BCUT2D eigenvalue weighted by Crippen LogP contribution is 2.11. The van der Waals surface area contributed by atoms with E-state index in [1.807, 2.05) is 30.3 Å². The third-order valence-electron chi connectivity index (χ3n) is 4.18. The first kappa shape index (κ1) is 19.4. The molecule has 4 N–H and O–H groups in total. The predicted molar refractivity (Wildman–Crippen MR) is 90.5 cm³/mol. The summed E-state index contributed by atoms with van der Waals surface area (Å²) in [4.78, 5) is 47.5. The molecule has 140 valence electrons. The summed E-state index contributed by atoms with van der Waals surface area (Å²) in [6, 6.07) is 5.17. The normalized spacial score (nSPS) is 18.9. The van der Waals surface area contributed by atoms with E-state index in [1.54, 1.807) is 0 Å². The molecule has 0 aliphatic carbocycles. The Bertz CT molecular complexity index is 693. The Hall–Kier alpha value is -2.94. The fourth-order valence-corrected chi connectivity index (χ4v) is 2.77. The average molecular weight is 363 g/mol. The van der Waals surface area contributed by atoms with E-state index in [-0.39, 0.29) is 13.0 Å². The summed E-state index contributed by atoms with van der Waals surface area (Å²) in [7, 11) is 0. The number of aliphatic carboxylic acids is 2. The number of carbonyl (C=O) groups excluding carboxylic acids is 2. The largest absolute Gasteiger partial charge is 0.480 e. The number of rotatable bonds is 8. The maximum atomic E-state index is 12.4. The molecule has 1 heterocycles. The van der Waals surface area contributed by atoms with E-state index in [0.29, 0.717) is 11.3 Å². The summed E-state index contributed by atoms with van der Waals surface area (Å²) in [6.45, 7) is 1.23. The lowest BCUT2D eigenvalue weighted by atomic mass is 10.0. The maximum Gasteiger partial charge on any atom is 0.328 e. The van der Waals surface area contributed by atoms with E-state index in [4.69, 9.17) is 5.11 Å². The SMILES string of the molecule is C[C@H](N[C@@H](CCc1ccccc1)C(=O)O)C(=O)N1C(=O)NC[C@H]1C(=O)O. The molecule has 1 aromatic rings. The molecular formula is C17H21N3O6. The van der Waals surface area contributed by atoms with Gasteiger partial charge in [-0.15, -0.1) is 0 Å². The van der Waals surface area contributed by atoms with Gasteiger partial charge in [-0.05, 0) is 25.3 Å². The topological polar surface area (TPSA) is 136 Å². The van der Waals surface area contributed by atoms with Crippen molar-refractivity contribution < 1.29 is 29.4 Å². The summed E-state index contributed by atoms with van der Waals surface area (Å²) in [6.07, 6.45) is 0.735. The summed E-state index contributed by atoms with van der Waals surface area (Å²) in [5, 5.41) is 23.5. The molecule has 0 radical (unpaired) electrons. The zero-order chi connectivity index (χ0) is 19.3. The lowest BCUT2D eigenvalue weighted by Crippen LogP contribution is -2.54. The van der Waals surface area contributed by atoms with Gasteiger partial charge in [-0.2, -0.15) is 0 Å². The van der Waals surface area contributed by atoms with Crippen molar-refractivity contribution in [2.45, 2.75) is 37.9 Å². The fraction of sp³-hybridized carbons (Fsp3) is 0.412. The Morgan fingerprint density at radius 3 is 2.50 bits per heavy atom. The maximum absolute atomic E-state index is 12.4. The molecule has 1 aliphatic rings. The lowest BCUT2D eigenvalue weighted by molar-refractivity contribution is -0.147. The van der Waals surface area contributed by atoms with Gasteiger partial charge in [0, 0.05) is 0 Å². The van der Waals surface area contributed by atoms with Crippen molar-refractivity contribution in [2.75, 3.05) is 6.54 Å². The summed E-state index contributed by atoms with van der Waals surface area (Å²) >= 11 is 0. The van der Waals surface area contributed by atoms with E-state index in [0.717, 1.165) is 5.56 Å². The van der Waals surface area contributed by atoms with E-state index in [9.17, 15) is 24.3 Å². The van der Waals surface area contributed by atoms with Crippen LogP contribution in [0.5, 0.6) is 0 Å². The quantitative estimate of drug-likeness (QED) is 0.512. The average Bonchev–Trinajstić information content (AvgIpc) is 3.00. The van der Waals surface area contributed by atoms with Crippen molar-refractivity contribution >= 4 is 23.9 Å². The number of nitrogens with one attached hydrogen (secondary N) is 2. The monoisotopic (exact) mass is 363 g/mol. The molecule has 0 spiro atoms. The van der Waals surface area contributed by atoms with Crippen LogP contribution in [0.3, 0.4) is 0 Å². The molecule has 1 aliphatic heterocycles. The van der Waals surface area contributed by atoms with Crippen LogP contribution in [0.25, 0.3) is 0 Å². The van der Waals surface area contributed by atoms with Crippen LogP contribution in [0, 0.1) is 0 Å². The van der Waals surface area contributed by atoms with Crippen LogP contribution in [0.1, 0.15) is 18.9 Å². The summed E-state index contributed by atoms with van der Waals surface area (Å²) in [5.41, 5.74) is 0.962. The molecule has 1 saturated heterocycles. The van der Waals surface area contributed by atoms with Gasteiger partial charge in [0.1, 0.15) is 6.04 Å². The van der Waals surface area contributed by atoms with Crippen LogP contribution in [0.2, 0.25) is 0 Å². The Morgan fingerprint density at radius 1 is 1.27 bits per heavy atom. The highest BCUT2D eigenvalue weighted by Gasteiger charge is 2.42. The molecular weight excluding hydrogens is 342 g/mol. The van der Waals surface area contributed by atoms with E-state index >= 15 is 0 Å². The van der Waals surface area contributed by atoms with E-state index < -0.39 is 42.0 Å². The van der Waals surface area contributed by atoms with Gasteiger partial charge in [-0.3, -0.25) is 14.9 Å². The van der Waals surface area contributed by atoms with Gasteiger partial charge < -0.3 is 15.5 Å². The Kier molecular flexibility index (Phi) is 6.29. The van der Waals surface area contributed by atoms with Crippen molar-refractivity contribution in [3.8, 4) is 0 Å². The van der Waals surface area contributed by atoms with E-state index in [1.165, 1.54) is 6.92 Å². The smallest absolute Gasteiger partial charge is 0.328 e. The molecule has 1 aromatic carbocycles. The van der Waals surface area contributed by atoms with Crippen LogP contribution in [0.15, 0.2) is 30.3 Å². The number of carboxylic acid groups (broad SMARTS) is 2. The number of urea groups is 1. The van der Waals surface area contributed by atoms with Gasteiger partial charge in [-0.1, -0.05) is 30.3 Å². The number of hydrogen-bond donors (Lipinski definition) is 4. The van der Waals surface area contributed by atoms with Crippen molar-refractivity contribution in [1.29, 1.82) is 0 Å². The number of amides is 3. The van der Waals surface area contributed by atoms with Gasteiger partial charge in [0.2, 0.25) is 5.91 Å². The van der Waals surface area contributed by atoms with Crippen molar-refractivity contribution in [1.82, 2.24) is 15.5 Å². The van der Waals surface area contributed by atoms with Crippen molar-refractivity contribution in [3.63, 3.8) is 0 Å². The first-order valence-electron chi connectivity index (χ1n) is 8.17. The number of benzene rings is 1. The fourth-order valence-electron chi connectivity index (χ4n) is 2.77. The molecule has 1 fully saturated rings. The molecule has 0 aromatic heterocycles. The second kappa shape index (κ2) is 8.43. The number of imide groups is 1. The second-order valence-corrected chi connectivity index (χ2v) is 6.05. The molecule has 3 amide bonds. The van der Waals surface area contributed by atoms with Crippen molar-refractivity contribution in [2.24, 2.45) is 0 Å².